The molecule has 0 saturated heterocycles. The molecule has 2 heteroatoms. The molecule has 80 valence electrons. The van der Waals surface area contributed by atoms with Crippen molar-refractivity contribution in [1.82, 2.24) is 0 Å². The van der Waals surface area contributed by atoms with Gasteiger partial charge in [-0.05, 0) is 43.2 Å². The number of nitrogens with two attached hydrogens (primary N) is 2. The SMILES string of the molecule is CC(C)(CN)CCC(C)(C)CCN. The van der Waals surface area contributed by atoms with Crippen LogP contribution in [0.1, 0.15) is 47.0 Å². The fourth-order valence-corrected chi connectivity index (χ4v) is 1.29. The predicted octanol–water partition coefficient (Wildman–Crippen LogP) is 2.13. The lowest BCUT2D eigenvalue weighted by Crippen LogP contribution is -2.26. The summed E-state index contributed by atoms with van der Waals surface area (Å²) in [5.74, 6) is 0. The maximum atomic E-state index is 5.68. The molecule has 0 aliphatic heterocycles. The monoisotopic (exact) mass is 186 g/mol. The quantitative estimate of drug-likeness (QED) is 0.667. The highest BCUT2D eigenvalue weighted by molar-refractivity contribution is 4.76. The van der Waals surface area contributed by atoms with Gasteiger partial charge in [0.15, 0.2) is 0 Å². The van der Waals surface area contributed by atoms with E-state index in [9.17, 15) is 0 Å². The van der Waals surface area contributed by atoms with Gasteiger partial charge in [-0.2, -0.15) is 0 Å². The highest BCUT2D eigenvalue weighted by Gasteiger charge is 2.22. The number of hydrogen-bond acceptors (Lipinski definition) is 2. The molecule has 0 rings (SSSR count). The van der Waals surface area contributed by atoms with E-state index in [0.29, 0.717) is 5.41 Å². The van der Waals surface area contributed by atoms with Crippen LogP contribution >= 0.6 is 0 Å². The van der Waals surface area contributed by atoms with Crippen molar-refractivity contribution in [2.45, 2.75) is 47.0 Å². The Morgan fingerprint density at radius 1 is 0.769 bits per heavy atom. The Hall–Kier alpha value is -0.0800. The summed E-state index contributed by atoms with van der Waals surface area (Å²) < 4.78 is 0. The van der Waals surface area contributed by atoms with Crippen LogP contribution in [0, 0.1) is 10.8 Å². The van der Waals surface area contributed by atoms with E-state index in [1.807, 2.05) is 0 Å². The molecule has 4 N–H and O–H groups in total. The van der Waals surface area contributed by atoms with E-state index in [1.165, 1.54) is 12.8 Å². The summed E-state index contributed by atoms with van der Waals surface area (Å²) >= 11 is 0. The molecule has 0 aliphatic rings. The van der Waals surface area contributed by atoms with Crippen LogP contribution in [-0.2, 0) is 0 Å². The van der Waals surface area contributed by atoms with E-state index < -0.39 is 0 Å². The lowest BCUT2D eigenvalue weighted by atomic mass is 9.77. The Bertz CT molecular complexity index is 139. The average Bonchev–Trinajstić information content (AvgIpc) is 2.02. The maximum Gasteiger partial charge on any atom is -0.00258 e. The van der Waals surface area contributed by atoms with Crippen LogP contribution in [0.5, 0.6) is 0 Å². The average molecular weight is 186 g/mol. The van der Waals surface area contributed by atoms with Crippen molar-refractivity contribution in [3.05, 3.63) is 0 Å². The van der Waals surface area contributed by atoms with E-state index >= 15 is 0 Å². The van der Waals surface area contributed by atoms with Crippen LogP contribution in [0.15, 0.2) is 0 Å². The van der Waals surface area contributed by atoms with Gasteiger partial charge in [0.1, 0.15) is 0 Å². The van der Waals surface area contributed by atoms with E-state index in [0.717, 1.165) is 19.5 Å². The van der Waals surface area contributed by atoms with Crippen LogP contribution < -0.4 is 11.5 Å². The third-order valence-electron chi connectivity index (χ3n) is 2.85. The van der Waals surface area contributed by atoms with Gasteiger partial charge in [0.2, 0.25) is 0 Å². The third kappa shape index (κ3) is 6.05. The zero-order valence-electron chi connectivity index (χ0n) is 9.69. The Kier molecular flexibility index (Phi) is 4.93. The molecule has 0 aromatic rings. The molecule has 0 radical (unpaired) electrons. The van der Waals surface area contributed by atoms with Crippen LogP contribution in [0.2, 0.25) is 0 Å². The summed E-state index contributed by atoms with van der Waals surface area (Å²) in [6, 6.07) is 0. The van der Waals surface area contributed by atoms with Gasteiger partial charge in [-0.3, -0.25) is 0 Å². The molecule has 0 aliphatic carbocycles. The molecule has 0 aromatic heterocycles. The van der Waals surface area contributed by atoms with Gasteiger partial charge in [0.25, 0.3) is 0 Å². The zero-order valence-corrected chi connectivity index (χ0v) is 9.69. The first kappa shape index (κ1) is 12.9. The van der Waals surface area contributed by atoms with E-state index in [-0.39, 0.29) is 5.41 Å². The minimum atomic E-state index is 0.284. The lowest BCUT2D eigenvalue weighted by molar-refractivity contribution is 0.235. The second-order valence-electron chi connectivity index (χ2n) is 5.57. The van der Waals surface area contributed by atoms with Crippen molar-refractivity contribution >= 4 is 0 Å². The van der Waals surface area contributed by atoms with E-state index in [2.05, 4.69) is 27.7 Å². The Labute approximate surface area is 83.1 Å². The van der Waals surface area contributed by atoms with Crippen LogP contribution in [0.3, 0.4) is 0 Å². The zero-order chi connectivity index (χ0) is 10.5. The highest BCUT2D eigenvalue weighted by atomic mass is 14.6. The minimum Gasteiger partial charge on any atom is -0.330 e. The molecule has 0 amide bonds. The molecular formula is C11H26N2. The van der Waals surface area contributed by atoms with Gasteiger partial charge in [-0.15, -0.1) is 0 Å². The summed E-state index contributed by atoms with van der Waals surface area (Å²) in [7, 11) is 0. The molecule has 0 atom stereocenters. The largest absolute Gasteiger partial charge is 0.330 e. The van der Waals surface area contributed by atoms with Gasteiger partial charge < -0.3 is 11.5 Å². The fourth-order valence-electron chi connectivity index (χ4n) is 1.29. The lowest BCUT2D eigenvalue weighted by Gasteiger charge is -2.30. The highest BCUT2D eigenvalue weighted by Crippen LogP contribution is 2.32. The first-order valence-electron chi connectivity index (χ1n) is 5.23. The van der Waals surface area contributed by atoms with E-state index in [4.69, 9.17) is 11.5 Å². The Balaban J connectivity index is 3.86. The molecular weight excluding hydrogens is 160 g/mol. The van der Waals surface area contributed by atoms with E-state index in [1.54, 1.807) is 0 Å². The van der Waals surface area contributed by atoms with Crippen molar-refractivity contribution in [1.29, 1.82) is 0 Å². The molecule has 2 nitrogen and oxygen atoms in total. The molecule has 0 unspecified atom stereocenters. The number of hydrogen-bond donors (Lipinski definition) is 2. The van der Waals surface area contributed by atoms with Crippen molar-refractivity contribution in [2.24, 2.45) is 22.3 Å². The molecule has 0 fully saturated rings. The standard InChI is InChI=1S/C11H26N2/c1-10(2,7-8-12)5-6-11(3,4)9-13/h5-9,12-13H2,1-4H3. The summed E-state index contributed by atoms with van der Waals surface area (Å²) in [5, 5.41) is 0. The number of rotatable bonds is 6. The normalized spacial score (nSPS) is 13.4. The smallest absolute Gasteiger partial charge is 0.00258 e. The summed E-state index contributed by atoms with van der Waals surface area (Å²) in [5.41, 5.74) is 11.9. The van der Waals surface area contributed by atoms with Crippen LogP contribution in [0.25, 0.3) is 0 Å². The van der Waals surface area contributed by atoms with Crippen LogP contribution in [-0.4, -0.2) is 13.1 Å². The molecule has 0 bridgehead atoms. The Morgan fingerprint density at radius 3 is 1.62 bits per heavy atom. The molecule has 0 heterocycles. The third-order valence-corrected chi connectivity index (χ3v) is 2.85. The van der Waals surface area contributed by atoms with Crippen molar-refractivity contribution < 1.29 is 0 Å². The molecule has 0 saturated carbocycles. The second kappa shape index (κ2) is 4.97. The maximum absolute atomic E-state index is 5.68. The molecule has 13 heavy (non-hydrogen) atoms. The van der Waals surface area contributed by atoms with Crippen LogP contribution in [0.4, 0.5) is 0 Å². The van der Waals surface area contributed by atoms with Crippen molar-refractivity contribution in [2.75, 3.05) is 13.1 Å². The van der Waals surface area contributed by atoms with Gasteiger partial charge >= 0.3 is 0 Å². The Morgan fingerprint density at radius 2 is 1.23 bits per heavy atom. The summed E-state index contributed by atoms with van der Waals surface area (Å²) in [6.07, 6.45) is 3.51. The molecule has 0 aromatic carbocycles. The predicted molar refractivity (Wildman–Crippen MR) is 59.5 cm³/mol. The minimum absolute atomic E-state index is 0.284. The van der Waals surface area contributed by atoms with Gasteiger partial charge in [0.05, 0.1) is 0 Å². The topological polar surface area (TPSA) is 52.0 Å². The molecule has 0 spiro atoms. The first-order valence-corrected chi connectivity index (χ1v) is 5.23. The first-order chi connectivity index (χ1) is 5.83. The van der Waals surface area contributed by atoms with Crippen molar-refractivity contribution in [3.63, 3.8) is 0 Å². The van der Waals surface area contributed by atoms with Gasteiger partial charge in [-0.25, -0.2) is 0 Å². The van der Waals surface area contributed by atoms with Gasteiger partial charge in [0, 0.05) is 0 Å². The van der Waals surface area contributed by atoms with Crippen molar-refractivity contribution in [3.8, 4) is 0 Å². The summed E-state index contributed by atoms with van der Waals surface area (Å²) in [4.78, 5) is 0. The van der Waals surface area contributed by atoms with Gasteiger partial charge in [-0.1, -0.05) is 27.7 Å². The fraction of sp³-hybridized carbons (Fsp3) is 1.00. The summed E-state index contributed by atoms with van der Waals surface area (Å²) in [6.45, 7) is 10.6. The second-order valence-corrected chi connectivity index (χ2v) is 5.57.